The van der Waals surface area contributed by atoms with Gasteiger partial charge in [-0.05, 0) is 40.9 Å². The highest BCUT2D eigenvalue weighted by atomic mass is 79.9. The summed E-state index contributed by atoms with van der Waals surface area (Å²) in [5.74, 6) is 0.296. The van der Waals surface area contributed by atoms with Gasteiger partial charge in [0.25, 0.3) is 0 Å². The third-order valence-electron chi connectivity index (χ3n) is 3.61. The molecule has 1 aliphatic rings. The number of aliphatic hydroxyl groups is 1. The van der Waals surface area contributed by atoms with Crippen molar-refractivity contribution in [1.82, 2.24) is 0 Å². The smallest absolute Gasteiger partial charge is 0.103 e. The number of nitrogens with zero attached hydrogens (tertiary/aromatic N) is 1. The van der Waals surface area contributed by atoms with Crippen molar-refractivity contribution in [3.05, 3.63) is 28.2 Å². The normalized spacial score (nSPS) is 23.4. The first-order valence-corrected chi connectivity index (χ1v) is 7.11. The van der Waals surface area contributed by atoms with Gasteiger partial charge in [-0.15, -0.1) is 0 Å². The molecule has 1 fully saturated rings. The van der Waals surface area contributed by atoms with Gasteiger partial charge < -0.3 is 10.4 Å². The first-order valence-electron chi connectivity index (χ1n) is 6.32. The third-order valence-corrected chi connectivity index (χ3v) is 4.27. The van der Waals surface area contributed by atoms with Crippen LogP contribution in [0.25, 0.3) is 0 Å². The van der Waals surface area contributed by atoms with Crippen molar-refractivity contribution in [1.29, 1.82) is 5.26 Å². The highest BCUT2D eigenvalue weighted by molar-refractivity contribution is 9.10. The summed E-state index contributed by atoms with van der Waals surface area (Å²) in [5.41, 5.74) is 1.50. The van der Waals surface area contributed by atoms with Crippen molar-refractivity contribution in [2.75, 3.05) is 11.9 Å². The Kier molecular flexibility index (Phi) is 4.62. The van der Waals surface area contributed by atoms with E-state index >= 15 is 0 Å². The maximum absolute atomic E-state index is 9.41. The summed E-state index contributed by atoms with van der Waals surface area (Å²) in [6, 6.07) is 8.20. The average Bonchev–Trinajstić information content (AvgIpc) is 2.40. The van der Waals surface area contributed by atoms with Crippen LogP contribution in [0.3, 0.4) is 0 Å². The molecule has 2 unspecified atom stereocenters. The van der Waals surface area contributed by atoms with Crippen LogP contribution >= 0.6 is 15.9 Å². The Balaban J connectivity index is 2.18. The van der Waals surface area contributed by atoms with Gasteiger partial charge in [-0.3, -0.25) is 0 Å². The Labute approximate surface area is 116 Å². The molecule has 1 aliphatic carbocycles. The quantitative estimate of drug-likeness (QED) is 0.901. The van der Waals surface area contributed by atoms with Crippen LogP contribution in [-0.4, -0.2) is 17.8 Å². The lowest BCUT2D eigenvalue weighted by atomic mass is 9.85. The molecular weight excluding hydrogens is 292 g/mol. The van der Waals surface area contributed by atoms with Crippen molar-refractivity contribution < 1.29 is 5.11 Å². The maximum Gasteiger partial charge on any atom is 0.103 e. The molecule has 0 saturated heterocycles. The van der Waals surface area contributed by atoms with Gasteiger partial charge in [0.2, 0.25) is 0 Å². The second-order valence-electron chi connectivity index (χ2n) is 4.75. The molecular formula is C14H17BrN2O. The van der Waals surface area contributed by atoms with E-state index in [4.69, 9.17) is 0 Å². The van der Waals surface area contributed by atoms with Crippen LogP contribution in [-0.2, 0) is 0 Å². The van der Waals surface area contributed by atoms with E-state index in [1.54, 1.807) is 0 Å². The first-order chi connectivity index (χ1) is 8.76. The van der Waals surface area contributed by atoms with E-state index in [9.17, 15) is 10.4 Å². The molecule has 4 heteroatoms. The third kappa shape index (κ3) is 2.85. The molecule has 0 aliphatic heterocycles. The van der Waals surface area contributed by atoms with E-state index < -0.39 is 0 Å². The van der Waals surface area contributed by atoms with Gasteiger partial charge >= 0.3 is 0 Å². The van der Waals surface area contributed by atoms with Crippen molar-refractivity contribution in [2.45, 2.75) is 31.7 Å². The molecule has 96 valence electrons. The molecule has 0 radical (unpaired) electrons. The van der Waals surface area contributed by atoms with Gasteiger partial charge in [0.15, 0.2) is 0 Å². The lowest BCUT2D eigenvalue weighted by Gasteiger charge is -2.32. The minimum absolute atomic E-state index is 0.216. The summed E-state index contributed by atoms with van der Waals surface area (Å²) in [6.45, 7) is 0.216. The molecule has 0 aromatic heterocycles. The summed E-state index contributed by atoms with van der Waals surface area (Å²) in [4.78, 5) is 0. The Morgan fingerprint density at radius 2 is 2.17 bits per heavy atom. The molecule has 0 amide bonds. The topological polar surface area (TPSA) is 56.0 Å². The SMILES string of the molecule is N#Cc1c(Br)cccc1NC1CCCCC1CO. The van der Waals surface area contributed by atoms with Crippen LogP contribution in [0.2, 0.25) is 0 Å². The zero-order valence-corrected chi connectivity index (χ0v) is 11.8. The van der Waals surface area contributed by atoms with Crippen LogP contribution in [0, 0.1) is 17.2 Å². The number of hydrogen-bond acceptors (Lipinski definition) is 3. The Morgan fingerprint density at radius 1 is 1.39 bits per heavy atom. The van der Waals surface area contributed by atoms with E-state index in [1.807, 2.05) is 18.2 Å². The fourth-order valence-corrected chi connectivity index (χ4v) is 3.03. The molecule has 1 aromatic rings. The van der Waals surface area contributed by atoms with E-state index in [-0.39, 0.29) is 12.6 Å². The molecule has 3 nitrogen and oxygen atoms in total. The van der Waals surface area contributed by atoms with Crippen LogP contribution in [0.1, 0.15) is 31.2 Å². The van der Waals surface area contributed by atoms with Gasteiger partial charge in [-0.25, -0.2) is 0 Å². The monoisotopic (exact) mass is 308 g/mol. The number of nitrogens with one attached hydrogen (secondary N) is 1. The Hall–Kier alpha value is -1.05. The second kappa shape index (κ2) is 6.21. The number of aliphatic hydroxyl groups excluding tert-OH is 1. The lowest BCUT2D eigenvalue weighted by Crippen LogP contribution is -2.34. The minimum atomic E-state index is 0.216. The molecule has 18 heavy (non-hydrogen) atoms. The molecule has 0 heterocycles. The number of halogens is 1. The van der Waals surface area contributed by atoms with Crippen LogP contribution < -0.4 is 5.32 Å². The van der Waals surface area contributed by atoms with E-state index in [0.717, 1.165) is 23.0 Å². The predicted molar refractivity (Wildman–Crippen MR) is 75.3 cm³/mol. The number of rotatable bonds is 3. The van der Waals surface area contributed by atoms with E-state index in [1.165, 1.54) is 12.8 Å². The minimum Gasteiger partial charge on any atom is -0.396 e. The van der Waals surface area contributed by atoms with Gasteiger partial charge in [0.05, 0.1) is 11.3 Å². The summed E-state index contributed by atoms with van der Waals surface area (Å²) in [7, 11) is 0. The largest absolute Gasteiger partial charge is 0.396 e. The van der Waals surface area contributed by atoms with E-state index in [0.29, 0.717) is 11.5 Å². The van der Waals surface area contributed by atoms with Crippen LogP contribution in [0.4, 0.5) is 5.69 Å². The molecule has 0 spiro atoms. The van der Waals surface area contributed by atoms with Gasteiger partial charge in [0, 0.05) is 23.0 Å². The highest BCUT2D eigenvalue weighted by Gasteiger charge is 2.25. The number of nitriles is 1. The molecule has 0 bridgehead atoms. The Morgan fingerprint density at radius 3 is 2.89 bits per heavy atom. The van der Waals surface area contributed by atoms with Gasteiger partial charge in [-0.1, -0.05) is 18.9 Å². The molecule has 2 rings (SSSR count). The zero-order valence-electron chi connectivity index (χ0n) is 10.2. The second-order valence-corrected chi connectivity index (χ2v) is 5.61. The van der Waals surface area contributed by atoms with Crippen molar-refractivity contribution >= 4 is 21.6 Å². The van der Waals surface area contributed by atoms with Gasteiger partial charge in [-0.2, -0.15) is 5.26 Å². The van der Waals surface area contributed by atoms with Crippen LogP contribution in [0.5, 0.6) is 0 Å². The first kappa shape index (κ1) is 13.4. The predicted octanol–water partition coefficient (Wildman–Crippen LogP) is 3.28. The van der Waals surface area contributed by atoms with E-state index in [2.05, 4.69) is 27.3 Å². The molecule has 2 atom stereocenters. The highest BCUT2D eigenvalue weighted by Crippen LogP contribution is 2.30. The zero-order chi connectivity index (χ0) is 13.0. The van der Waals surface area contributed by atoms with Crippen molar-refractivity contribution in [2.24, 2.45) is 5.92 Å². The fourth-order valence-electron chi connectivity index (χ4n) is 2.57. The summed E-state index contributed by atoms with van der Waals surface area (Å²) in [5, 5.41) is 22.0. The van der Waals surface area contributed by atoms with Crippen LogP contribution in [0.15, 0.2) is 22.7 Å². The summed E-state index contributed by atoms with van der Waals surface area (Å²) in [6.07, 6.45) is 4.49. The maximum atomic E-state index is 9.41. The number of benzene rings is 1. The number of hydrogen-bond donors (Lipinski definition) is 2. The number of anilines is 1. The molecule has 1 aromatic carbocycles. The lowest BCUT2D eigenvalue weighted by molar-refractivity contribution is 0.178. The summed E-state index contributed by atoms with van der Waals surface area (Å²) < 4.78 is 0.811. The van der Waals surface area contributed by atoms with Crippen molar-refractivity contribution in [3.8, 4) is 6.07 Å². The fraction of sp³-hybridized carbons (Fsp3) is 0.500. The molecule has 2 N–H and O–H groups in total. The Bertz CT molecular complexity index is 456. The standard InChI is InChI=1S/C14H17BrN2O/c15-12-5-3-7-14(11(12)8-16)17-13-6-2-1-4-10(13)9-18/h3,5,7,10,13,17-18H,1-2,4,6,9H2. The average molecular weight is 309 g/mol. The molecule has 1 saturated carbocycles. The van der Waals surface area contributed by atoms with Crippen molar-refractivity contribution in [3.63, 3.8) is 0 Å². The van der Waals surface area contributed by atoms with Gasteiger partial charge in [0.1, 0.15) is 6.07 Å². The summed E-state index contributed by atoms with van der Waals surface area (Å²) >= 11 is 3.39.